The van der Waals surface area contributed by atoms with Crippen LogP contribution < -0.4 is 14.7 Å². The third kappa shape index (κ3) is 4.71. The molecule has 0 radical (unpaired) electrons. The minimum atomic E-state index is -0.793. The maximum absolute atomic E-state index is 12.0. The zero-order chi connectivity index (χ0) is 23.5. The van der Waals surface area contributed by atoms with E-state index in [1.165, 1.54) is 5.56 Å². The van der Waals surface area contributed by atoms with Crippen LogP contribution in [0.15, 0.2) is 36.7 Å². The van der Waals surface area contributed by atoms with E-state index in [-0.39, 0.29) is 0 Å². The van der Waals surface area contributed by atoms with E-state index in [1.807, 2.05) is 25.2 Å². The molecule has 2 saturated heterocycles. The summed E-state index contributed by atoms with van der Waals surface area (Å²) in [5.74, 6) is 3.34. The van der Waals surface area contributed by atoms with E-state index in [2.05, 4.69) is 36.8 Å². The van der Waals surface area contributed by atoms with Crippen LogP contribution in [-0.2, 0) is 22.5 Å². The van der Waals surface area contributed by atoms with Crippen molar-refractivity contribution >= 4 is 46.2 Å². The number of amides is 1. The Morgan fingerprint density at radius 3 is 2.41 bits per heavy atom. The first-order valence-electron chi connectivity index (χ1n) is 11.4. The van der Waals surface area contributed by atoms with E-state index in [1.54, 1.807) is 11.2 Å². The number of hydrogen-bond acceptors (Lipinski definition) is 9. The van der Waals surface area contributed by atoms with Crippen molar-refractivity contribution in [2.45, 2.75) is 6.54 Å². The van der Waals surface area contributed by atoms with Gasteiger partial charge in [0, 0.05) is 39.8 Å². The van der Waals surface area contributed by atoms with Crippen molar-refractivity contribution in [2.24, 2.45) is 0 Å². The van der Waals surface area contributed by atoms with Crippen molar-refractivity contribution in [2.75, 3.05) is 72.5 Å². The van der Waals surface area contributed by atoms with Gasteiger partial charge in [-0.15, -0.1) is 0 Å². The van der Waals surface area contributed by atoms with Gasteiger partial charge in [0.1, 0.15) is 28.9 Å². The van der Waals surface area contributed by atoms with Crippen LogP contribution >= 0.6 is 0 Å². The highest BCUT2D eigenvalue weighted by Gasteiger charge is 2.27. The number of benzene rings is 1. The third-order valence-electron chi connectivity index (χ3n) is 6.28. The monoisotopic (exact) mass is 480 g/mol. The molecule has 3 aromatic rings. The van der Waals surface area contributed by atoms with Crippen LogP contribution in [0, 0.1) is 0 Å². The summed E-state index contributed by atoms with van der Waals surface area (Å²) in [6.45, 7) is 4.60. The molecule has 2 aliphatic rings. The van der Waals surface area contributed by atoms with E-state index in [9.17, 15) is 9.35 Å². The van der Waals surface area contributed by atoms with Gasteiger partial charge in [0.2, 0.25) is 12.4 Å². The molecular weight excluding hydrogens is 452 g/mol. The zero-order valence-electron chi connectivity index (χ0n) is 19.2. The van der Waals surface area contributed by atoms with Gasteiger partial charge in [0.05, 0.1) is 13.1 Å². The van der Waals surface area contributed by atoms with Gasteiger partial charge in [0.15, 0.2) is 11.6 Å². The largest absolute Gasteiger partial charge is 0.616 e. The summed E-state index contributed by atoms with van der Waals surface area (Å²) in [6.07, 6.45) is 2.46. The van der Waals surface area contributed by atoms with Gasteiger partial charge in [-0.1, -0.05) is 41.5 Å². The predicted octanol–water partition coefficient (Wildman–Crippen LogP) is 0.903. The fourth-order valence-corrected chi connectivity index (χ4v) is 5.41. The molecule has 0 saturated carbocycles. The van der Waals surface area contributed by atoms with E-state index in [4.69, 9.17) is 9.97 Å². The molecule has 11 heteroatoms. The average molecular weight is 481 g/mol. The topological polar surface area (TPSA) is 105 Å². The Balaban J connectivity index is 1.55. The van der Waals surface area contributed by atoms with Crippen LogP contribution in [0.4, 0.5) is 17.6 Å². The van der Waals surface area contributed by atoms with Crippen molar-refractivity contribution in [3.8, 4) is 0 Å². The first-order valence-corrected chi connectivity index (χ1v) is 12.9. The van der Waals surface area contributed by atoms with Crippen LogP contribution in [0.2, 0.25) is 0 Å². The second-order valence-electron chi connectivity index (χ2n) is 8.55. The minimum Gasteiger partial charge on any atom is -0.616 e. The van der Waals surface area contributed by atoms with Crippen LogP contribution in [-0.4, -0.2) is 93.6 Å². The molecule has 0 bridgehead atoms. The van der Waals surface area contributed by atoms with Gasteiger partial charge in [-0.3, -0.25) is 4.79 Å². The number of fused-ring (bicyclic) bond motifs is 1. The molecule has 0 N–H and O–H groups in total. The molecule has 0 spiro atoms. The van der Waals surface area contributed by atoms with E-state index >= 15 is 0 Å². The number of rotatable bonds is 6. The van der Waals surface area contributed by atoms with Gasteiger partial charge in [-0.2, -0.15) is 4.98 Å². The normalized spacial score (nSPS) is 17.3. The van der Waals surface area contributed by atoms with Gasteiger partial charge < -0.3 is 24.2 Å². The first kappa shape index (κ1) is 22.6. The highest BCUT2D eigenvalue weighted by molar-refractivity contribution is 7.91. The Morgan fingerprint density at radius 2 is 1.71 bits per heavy atom. The smallest absolute Gasteiger partial charge is 0.228 e. The molecule has 5 rings (SSSR count). The molecule has 2 aliphatic heterocycles. The third-order valence-corrected chi connectivity index (χ3v) is 7.56. The SMILES string of the molecule is CN(Cc1ccccc1)c1ncnc2c(N3CC[S+]([O-])CC3)nc(N3CCN(C=O)CC3)nc12. The van der Waals surface area contributed by atoms with Crippen molar-refractivity contribution in [1.29, 1.82) is 0 Å². The van der Waals surface area contributed by atoms with Gasteiger partial charge >= 0.3 is 0 Å². The standard InChI is InChI=1S/C23H28N8O2S/c1-28(15-18-5-3-2-4-6-18)21-20-19(24-16-25-21)22(30-11-13-34(33)14-12-30)27-23(26-20)31-9-7-29(17-32)8-10-31/h2-6,16-17H,7-15H2,1H3. The fraction of sp³-hybridized carbons (Fsp3) is 0.435. The summed E-state index contributed by atoms with van der Waals surface area (Å²) in [5, 5.41) is 0. The number of piperazine rings is 1. The van der Waals surface area contributed by atoms with Crippen molar-refractivity contribution in [3.63, 3.8) is 0 Å². The summed E-state index contributed by atoms with van der Waals surface area (Å²) in [5.41, 5.74) is 2.58. The lowest BCUT2D eigenvalue weighted by molar-refractivity contribution is -0.118. The van der Waals surface area contributed by atoms with E-state index in [0.29, 0.717) is 74.3 Å². The van der Waals surface area contributed by atoms with E-state index < -0.39 is 11.2 Å². The van der Waals surface area contributed by atoms with Gasteiger partial charge in [-0.05, 0) is 5.56 Å². The predicted molar refractivity (Wildman–Crippen MR) is 134 cm³/mol. The average Bonchev–Trinajstić information content (AvgIpc) is 2.89. The van der Waals surface area contributed by atoms with Crippen molar-refractivity contribution in [1.82, 2.24) is 24.8 Å². The number of aromatic nitrogens is 4. The number of carbonyl (C=O) groups excluding carboxylic acids is 1. The molecule has 2 fully saturated rings. The molecular formula is C23H28N8O2S. The Morgan fingerprint density at radius 1 is 0.971 bits per heavy atom. The molecule has 34 heavy (non-hydrogen) atoms. The molecule has 0 unspecified atom stereocenters. The Hall–Kier alpha value is -3.18. The molecule has 1 aromatic carbocycles. The van der Waals surface area contributed by atoms with Gasteiger partial charge in [-0.25, -0.2) is 15.0 Å². The number of hydrogen-bond donors (Lipinski definition) is 0. The summed E-state index contributed by atoms with van der Waals surface area (Å²) >= 11 is -0.793. The second kappa shape index (κ2) is 9.98. The molecule has 1 amide bonds. The highest BCUT2D eigenvalue weighted by atomic mass is 32.2. The Kier molecular flexibility index (Phi) is 6.63. The quantitative estimate of drug-likeness (QED) is 0.376. The highest BCUT2D eigenvalue weighted by Crippen LogP contribution is 2.31. The molecule has 10 nitrogen and oxygen atoms in total. The van der Waals surface area contributed by atoms with Crippen LogP contribution in [0.25, 0.3) is 11.0 Å². The van der Waals surface area contributed by atoms with Crippen LogP contribution in [0.5, 0.6) is 0 Å². The lowest BCUT2D eigenvalue weighted by Gasteiger charge is -2.34. The molecule has 0 aliphatic carbocycles. The fourth-order valence-electron chi connectivity index (χ4n) is 4.36. The van der Waals surface area contributed by atoms with Crippen molar-refractivity contribution < 1.29 is 9.35 Å². The lowest BCUT2D eigenvalue weighted by atomic mass is 10.2. The molecule has 178 valence electrons. The maximum Gasteiger partial charge on any atom is 0.228 e. The number of carbonyl (C=O) groups is 1. The lowest BCUT2D eigenvalue weighted by Crippen LogP contribution is -2.46. The number of nitrogens with zero attached hydrogens (tertiary/aromatic N) is 8. The van der Waals surface area contributed by atoms with Crippen molar-refractivity contribution in [3.05, 3.63) is 42.2 Å². The van der Waals surface area contributed by atoms with E-state index in [0.717, 1.165) is 18.0 Å². The summed E-state index contributed by atoms with van der Waals surface area (Å²) in [7, 11) is 2.00. The number of anilines is 3. The molecule has 4 heterocycles. The Labute approximate surface area is 201 Å². The Bertz CT molecular complexity index is 1130. The first-order chi connectivity index (χ1) is 16.6. The summed E-state index contributed by atoms with van der Waals surface area (Å²) in [6, 6.07) is 10.2. The molecule has 2 aromatic heterocycles. The van der Waals surface area contributed by atoms with Crippen LogP contribution in [0.1, 0.15) is 5.56 Å². The second-order valence-corrected chi connectivity index (χ2v) is 10.2. The zero-order valence-corrected chi connectivity index (χ0v) is 20.0. The summed E-state index contributed by atoms with van der Waals surface area (Å²) in [4.78, 5) is 38.3. The minimum absolute atomic E-state index is 0.615. The molecule has 0 atom stereocenters. The maximum atomic E-state index is 12.0. The summed E-state index contributed by atoms with van der Waals surface area (Å²) < 4.78 is 12.0. The van der Waals surface area contributed by atoms with Crippen LogP contribution in [0.3, 0.4) is 0 Å². The van der Waals surface area contributed by atoms with Gasteiger partial charge in [0.25, 0.3) is 0 Å².